The first-order chi connectivity index (χ1) is 5.04. The summed E-state index contributed by atoms with van der Waals surface area (Å²) in [5.74, 6) is -0.315. The summed E-state index contributed by atoms with van der Waals surface area (Å²) in [4.78, 5) is 10.6. The number of carbonyl (C=O) groups excluding carboxylic acids is 1. The number of carbonyl (C=O) groups is 1. The van der Waals surface area contributed by atoms with Gasteiger partial charge in [0.1, 0.15) is 6.23 Å². The lowest BCUT2D eigenvalue weighted by atomic mass is 10.3. The lowest BCUT2D eigenvalue weighted by molar-refractivity contribution is -0.119. The van der Waals surface area contributed by atoms with Crippen molar-refractivity contribution < 1.29 is 9.90 Å². The van der Waals surface area contributed by atoms with Crippen molar-refractivity contribution in [3.8, 4) is 0 Å². The van der Waals surface area contributed by atoms with Crippen LogP contribution >= 0.6 is 0 Å². The summed E-state index contributed by atoms with van der Waals surface area (Å²) < 4.78 is 0. The molecule has 0 aliphatic rings. The Morgan fingerprint density at radius 2 is 1.91 bits per heavy atom. The van der Waals surface area contributed by atoms with Crippen LogP contribution in [0.15, 0.2) is 12.2 Å². The summed E-state index contributed by atoms with van der Waals surface area (Å²) >= 11 is 0. The Morgan fingerprint density at radius 1 is 1.55 bits per heavy atom. The molecule has 0 radical (unpaired) electrons. The molecule has 0 saturated carbocycles. The lowest BCUT2D eigenvalue weighted by Gasteiger charge is -2.05. The van der Waals surface area contributed by atoms with Gasteiger partial charge in [-0.1, -0.05) is 20.4 Å². The molecule has 2 N–H and O–H groups in total. The predicted octanol–water partition coefficient (Wildman–Crippen LogP) is 1.04. The number of rotatable bonds is 2. The van der Waals surface area contributed by atoms with E-state index in [4.69, 9.17) is 5.11 Å². The zero-order chi connectivity index (χ0) is 9.44. The highest BCUT2D eigenvalue weighted by Crippen LogP contribution is 1.85. The molecule has 0 aliphatic heterocycles. The van der Waals surface area contributed by atoms with E-state index < -0.39 is 6.23 Å². The van der Waals surface area contributed by atoms with Crippen molar-refractivity contribution in [2.24, 2.45) is 0 Å². The van der Waals surface area contributed by atoms with Gasteiger partial charge in [0.2, 0.25) is 5.91 Å². The summed E-state index contributed by atoms with van der Waals surface area (Å²) in [6, 6.07) is 0. The second-order valence-electron chi connectivity index (χ2n) is 1.93. The first-order valence-corrected chi connectivity index (χ1v) is 3.68. The van der Waals surface area contributed by atoms with Gasteiger partial charge < -0.3 is 10.4 Å². The van der Waals surface area contributed by atoms with E-state index in [0.29, 0.717) is 5.57 Å². The molecule has 0 fully saturated rings. The molecular weight excluding hydrogens is 142 g/mol. The highest BCUT2D eigenvalue weighted by molar-refractivity contribution is 5.92. The van der Waals surface area contributed by atoms with E-state index >= 15 is 0 Å². The minimum Gasteiger partial charge on any atom is -0.374 e. The van der Waals surface area contributed by atoms with Crippen molar-refractivity contribution in [1.29, 1.82) is 0 Å². The summed E-state index contributed by atoms with van der Waals surface area (Å²) in [6.07, 6.45) is -0.797. The van der Waals surface area contributed by atoms with Crippen molar-refractivity contribution in [3.05, 3.63) is 12.2 Å². The van der Waals surface area contributed by atoms with Crippen LogP contribution in [-0.4, -0.2) is 17.2 Å². The molecule has 0 saturated heterocycles. The average Bonchev–Trinajstić information content (AvgIpc) is 1.90. The van der Waals surface area contributed by atoms with E-state index in [2.05, 4.69) is 11.9 Å². The molecule has 0 rings (SSSR count). The molecule has 0 aromatic rings. The maximum atomic E-state index is 10.6. The standard InChI is InChI=1S/C6H11NO2.C2H6/c1-4(2)6(9)7-5(3)8;1-2/h5,8H,1H2,2-3H3,(H,7,9);1-2H3. The third-order valence-electron chi connectivity index (χ3n) is 0.728. The van der Waals surface area contributed by atoms with Gasteiger partial charge >= 0.3 is 0 Å². The maximum Gasteiger partial charge on any atom is 0.248 e. The van der Waals surface area contributed by atoms with E-state index in [0.717, 1.165) is 0 Å². The van der Waals surface area contributed by atoms with E-state index in [1.807, 2.05) is 13.8 Å². The zero-order valence-electron chi connectivity index (χ0n) is 7.64. The Kier molecular flexibility index (Phi) is 8.48. The van der Waals surface area contributed by atoms with Crippen LogP contribution in [0.2, 0.25) is 0 Å². The van der Waals surface area contributed by atoms with Crippen LogP contribution in [0, 0.1) is 0 Å². The summed E-state index contributed by atoms with van der Waals surface area (Å²) in [6.45, 7) is 10.4. The minimum absolute atomic E-state index is 0.315. The Morgan fingerprint density at radius 3 is 2.00 bits per heavy atom. The van der Waals surface area contributed by atoms with Crippen molar-refractivity contribution >= 4 is 5.91 Å². The molecule has 1 atom stereocenters. The average molecular weight is 159 g/mol. The van der Waals surface area contributed by atoms with Crippen molar-refractivity contribution in [2.75, 3.05) is 0 Å². The molecule has 0 aromatic heterocycles. The fourth-order valence-corrected chi connectivity index (χ4v) is 0.313. The number of hydrogen-bond acceptors (Lipinski definition) is 2. The van der Waals surface area contributed by atoms with Gasteiger partial charge in [-0.15, -0.1) is 0 Å². The summed E-state index contributed by atoms with van der Waals surface area (Å²) in [5.41, 5.74) is 0.399. The molecule has 1 amide bonds. The molecule has 0 bridgehead atoms. The molecule has 0 aromatic carbocycles. The number of nitrogens with one attached hydrogen (secondary N) is 1. The molecule has 0 spiro atoms. The number of aliphatic hydroxyl groups is 1. The van der Waals surface area contributed by atoms with Crippen molar-refractivity contribution in [1.82, 2.24) is 5.32 Å². The van der Waals surface area contributed by atoms with E-state index in [1.165, 1.54) is 6.92 Å². The highest BCUT2D eigenvalue weighted by atomic mass is 16.3. The third kappa shape index (κ3) is 9.17. The topological polar surface area (TPSA) is 49.3 Å². The minimum atomic E-state index is -0.797. The first kappa shape index (κ1) is 12.8. The molecule has 3 heteroatoms. The second kappa shape index (κ2) is 7.28. The molecule has 0 heterocycles. The largest absolute Gasteiger partial charge is 0.374 e. The first-order valence-electron chi connectivity index (χ1n) is 3.68. The van der Waals surface area contributed by atoms with Gasteiger partial charge in [0.15, 0.2) is 0 Å². The molecule has 66 valence electrons. The fraction of sp³-hybridized carbons (Fsp3) is 0.625. The van der Waals surface area contributed by atoms with Crippen LogP contribution in [-0.2, 0) is 4.79 Å². The van der Waals surface area contributed by atoms with Crippen LogP contribution < -0.4 is 5.32 Å². The van der Waals surface area contributed by atoms with Crippen LogP contribution in [0.25, 0.3) is 0 Å². The van der Waals surface area contributed by atoms with Crippen molar-refractivity contribution in [2.45, 2.75) is 33.9 Å². The molecule has 11 heavy (non-hydrogen) atoms. The predicted molar refractivity (Wildman–Crippen MR) is 46.0 cm³/mol. The third-order valence-corrected chi connectivity index (χ3v) is 0.728. The lowest BCUT2D eigenvalue weighted by Crippen LogP contribution is -2.32. The van der Waals surface area contributed by atoms with Crippen LogP contribution in [0.3, 0.4) is 0 Å². The SMILES string of the molecule is C=C(C)C(=O)NC(C)O.CC. The Balaban J connectivity index is 0. The molecule has 3 nitrogen and oxygen atoms in total. The molecule has 1 unspecified atom stereocenters. The second-order valence-corrected chi connectivity index (χ2v) is 1.93. The molecule has 0 aliphatic carbocycles. The smallest absolute Gasteiger partial charge is 0.248 e. The zero-order valence-corrected chi connectivity index (χ0v) is 7.64. The van der Waals surface area contributed by atoms with Gasteiger partial charge in [-0.25, -0.2) is 0 Å². The Labute approximate surface area is 68.1 Å². The van der Waals surface area contributed by atoms with Gasteiger partial charge in [0.25, 0.3) is 0 Å². The Hall–Kier alpha value is -0.830. The number of hydrogen-bond donors (Lipinski definition) is 2. The molecular formula is C8H17NO2. The van der Waals surface area contributed by atoms with Crippen molar-refractivity contribution in [3.63, 3.8) is 0 Å². The van der Waals surface area contributed by atoms with Crippen LogP contribution in [0.1, 0.15) is 27.7 Å². The van der Waals surface area contributed by atoms with E-state index in [-0.39, 0.29) is 5.91 Å². The summed E-state index contributed by atoms with van der Waals surface area (Å²) in [7, 11) is 0. The van der Waals surface area contributed by atoms with E-state index in [1.54, 1.807) is 6.92 Å². The van der Waals surface area contributed by atoms with Crippen LogP contribution in [0.4, 0.5) is 0 Å². The highest BCUT2D eigenvalue weighted by Gasteiger charge is 2.02. The monoisotopic (exact) mass is 159 g/mol. The Bertz CT molecular complexity index is 130. The maximum absolute atomic E-state index is 10.6. The van der Waals surface area contributed by atoms with Gasteiger partial charge in [-0.2, -0.15) is 0 Å². The number of aliphatic hydroxyl groups excluding tert-OH is 1. The summed E-state index contributed by atoms with van der Waals surface area (Å²) in [5, 5.41) is 10.9. The van der Waals surface area contributed by atoms with E-state index in [9.17, 15) is 4.79 Å². The van der Waals surface area contributed by atoms with Gasteiger partial charge in [0, 0.05) is 5.57 Å². The fourth-order valence-electron chi connectivity index (χ4n) is 0.313. The normalized spacial score (nSPS) is 10.6. The van der Waals surface area contributed by atoms with Crippen LogP contribution in [0.5, 0.6) is 0 Å². The van der Waals surface area contributed by atoms with Gasteiger partial charge in [0.05, 0.1) is 0 Å². The van der Waals surface area contributed by atoms with Gasteiger partial charge in [-0.3, -0.25) is 4.79 Å². The quantitative estimate of drug-likeness (QED) is 0.467. The van der Waals surface area contributed by atoms with Gasteiger partial charge in [-0.05, 0) is 13.8 Å². The number of amides is 1.